The zero-order valence-corrected chi connectivity index (χ0v) is 17.9. The highest BCUT2D eigenvalue weighted by Crippen LogP contribution is 2.24. The van der Waals surface area contributed by atoms with E-state index in [9.17, 15) is 4.79 Å². The van der Waals surface area contributed by atoms with E-state index in [-0.39, 0.29) is 5.78 Å². The minimum atomic E-state index is 0.225. The van der Waals surface area contributed by atoms with E-state index in [4.69, 9.17) is 0 Å². The van der Waals surface area contributed by atoms with Crippen molar-refractivity contribution in [3.05, 3.63) is 90.0 Å². The molecule has 1 aliphatic heterocycles. The number of aryl methyl sites for hydroxylation is 1. The van der Waals surface area contributed by atoms with Gasteiger partial charge in [-0.1, -0.05) is 30.3 Å². The van der Waals surface area contributed by atoms with Gasteiger partial charge in [0, 0.05) is 42.5 Å². The summed E-state index contributed by atoms with van der Waals surface area (Å²) >= 11 is 0. The summed E-state index contributed by atoms with van der Waals surface area (Å²) in [6.45, 7) is 3.97. The second kappa shape index (κ2) is 10.0. The average molecular weight is 413 g/mol. The zero-order valence-electron chi connectivity index (χ0n) is 17.9. The van der Waals surface area contributed by atoms with Crippen LogP contribution in [0.5, 0.6) is 0 Å². The third kappa shape index (κ3) is 5.79. The number of carbonyl (C=O) groups is 1. The van der Waals surface area contributed by atoms with Crippen LogP contribution < -0.4 is 5.32 Å². The van der Waals surface area contributed by atoms with Crippen molar-refractivity contribution >= 4 is 23.4 Å². The predicted molar refractivity (Wildman–Crippen MR) is 125 cm³/mol. The quantitative estimate of drug-likeness (QED) is 0.521. The SMILES string of the molecule is Cc1cncnc1Nc1ccc(C(=O)CC2CCN(C=Cc3ccccc3)CC2)cc1. The van der Waals surface area contributed by atoms with E-state index in [2.05, 4.69) is 56.7 Å². The minimum Gasteiger partial charge on any atom is -0.377 e. The molecule has 3 aromatic rings. The van der Waals surface area contributed by atoms with Gasteiger partial charge in [-0.25, -0.2) is 9.97 Å². The lowest BCUT2D eigenvalue weighted by molar-refractivity contribution is 0.0940. The molecule has 0 saturated carbocycles. The Morgan fingerprint density at radius 1 is 1.10 bits per heavy atom. The first-order chi connectivity index (χ1) is 15.2. The number of hydrogen-bond acceptors (Lipinski definition) is 5. The third-order valence-electron chi connectivity index (χ3n) is 5.77. The van der Waals surface area contributed by atoms with Crippen LogP contribution in [0.15, 0.2) is 73.3 Å². The van der Waals surface area contributed by atoms with E-state index in [1.165, 1.54) is 11.9 Å². The highest BCUT2D eigenvalue weighted by atomic mass is 16.1. The van der Waals surface area contributed by atoms with E-state index in [1.54, 1.807) is 6.20 Å². The van der Waals surface area contributed by atoms with Gasteiger partial charge < -0.3 is 10.2 Å². The number of ketones is 1. The number of carbonyl (C=O) groups excluding carboxylic acids is 1. The molecule has 0 aliphatic carbocycles. The Labute approximate surface area is 183 Å². The number of Topliss-reactive ketones (excluding diaryl/α,β-unsaturated/α-hetero) is 1. The summed E-state index contributed by atoms with van der Waals surface area (Å²) in [6, 6.07) is 18.0. The first-order valence-electron chi connectivity index (χ1n) is 10.8. The van der Waals surface area contributed by atoms with Crippen molar-refractivity contribution in [2.75, 3.05) is 18.4 Å². The number of rotatable bonds is 7. The summed E-state index contributed by atoms with van der Waals surface area (Å²) in [6.07, 6.45) is 10.4. The van der Waals surface area contributed by atoms with Gasteiger partial charge in [-0.05, 0) is 67.8 Å². The molecular weight excluding hydrogens is 384 g/mol. The minimum absolute atomic E-state index is 0.225. The summed E-state index contributed by atoms with van der Waals surface area (Å²) in [7, 11) is 0. The maximum absolute atomic E-state index is 12.8. The van der Waals surface area contributed by atoms with Crippen LogP contribution in [0.3, 0.4) is 0 Å². The number of likely N-dealkylation sites (tertiary alicyclic amines) is 1. The summed E-state index contributed by atoms with van der Waals surface area (Å²) in [5.74, 6) is 1.46. The molecule has 5 nitrogen and oxygen atoms in total. The lowest BCUT2D eigenvalue weighted by atomic mass is 9.90. The second-order valence-corrected chi connectivity index (χ2v) is 8.09. The van der Waals surface area contributed by atoms with Crippen LogP contribution in [0, 0.1) is 12.8 Å². The van der Waals surface area contributed by atoms with Crippen LogP contribution in [0.2, 0.25) is 0 Å². The Bertz CT molecular complexity index is 1020. The molecule has 0 radical (unpaired) electrons. The second-order valence-electron chi connectivity index (χ2n) is 8.09. The van der Waals surface area contributed by atoms with Crippen LogP contribution in [-0.4, -0.2) is 33.7 Å². The van der Waals surface area contributed by atoms with Crippen molar-refractivity contribution in [3.63, 3.8) is 0 Å². The fourth-order valence-corrected chi connectivity index (χ4v) is 3.85. The number of aromatic nitrogens is 2. The van der Waals surface area contributed by atoms with E-state index >= 15 is 0 Å². The van der Waals surface area contributed by atoms with Gasteiger partial charge in [0.15, 0.2) is 5.78 Å². The van der Waals surface area contributed by atoms with Crippen molar-refractivity contribution in [3.8, 4) is 0 Å². The number of benzene rings is 2. The van der Waals surface area contributed by atoms with Gasteiger partial charge in [0.05, 0.1) is 0 Å². The van der Waals surface area contributed by atoms with Crippen molar-refractivity contribution < 1.29 is 4.79 Å². The van der Waals surface area contributed by atoms with Crippen LogP contribution in [0.4, 0.5) is 11.5 Å². The molecule has 2 aromatic carbocycles. The Morgan fingerprint density at radius 3 is 2.55 bits per heavy atom. The predicted octanol–water partition coefficient (Wildman–Crippen LogP) is 5.48. The summed E-state index contributed by atoms with van der Waals surface area (Å²) in [5.41, 5.74) is 3.88. The molecule has 0 amide bonds. The fraction of sp³-hybridized carbons (Fsp3) is 0.269. The Hall–Kier alpha value is -3.47. The Kier molecular flexibility index (Phi) is 6.72. The van der Waals surface area contributed by atoms with Crippen molar-refractivity contribution in [1.82, 2.24) is 14.9 Å². The van der Waals surface area contributed by atoms with Crippen LogP contribution in [0.25, 0.3) is 6.08 Å². The van der Waals surface area contributed by atoms with Crippen molar-refractivity contribution in [1.29, 1.82) is 0 Å². The fourth-order valence-electron chi connectivity index (χ4n) is 3.85. The third-order valence-corrected chi connectivity index (χ3v) is 5.77. The summed E-state index contributed by atoms with van der Waals surface area (Å²) in [5, 5.41) is 3.27. The molecule has 158 valence electrons. The molecule has 5 heteroatoms. The Morgan fingerprint density at radius 2 is 1.84 bits per heavy atom. The van der Waals surface area contributed by atoms with E-state index in [0.717, 1.165) is 48.6 Å². The van der Waals surface area contributed by atoms with Gasteiger partial charge in [0.2, 0.25) is 0 Å². The first kappa shape index (κ1) is 20.8. The molecule has 4 rings (SSSR count). The molecule has 1 N–H and O–H groups in total. The molecule has 0 atom stereocenters. The van der Waals surface area contributed by atoms with Gasteiger partial charge in [0.1, 0.15) is 12.1 Å². The van der Waals surface area contributed by atoms with Gasteiger partial charge in [-0.3, -0.25) is 4.79 Å². The number of anilines is 2. The molecule has 1 aliphatic rings. The largest absolute Gasteiger partial charge is 0.377 e. The Balaban J connectivity index is 1.26. The lowest BCUT2D eigenvalue weighted by Crippen LogP contribution is -2.30. The van der Waals surface area contributed by atoms with Crippen LogP contribution >= 0.6 is 0 Å². The zero-order chi connectivity index (χ0) is 21.5. The smallest absolute Gasteiger partial charge is 0.163 e. The number of nitrogens with one attached hydrogen (secondary N) is 1. The van der Waals surface area contributed by atoms with E-state index in [1.807, 2.05) is 37.3 Å². The van der Waals surface area contributed by atoms with Gasteiger partial charge in [0.25, 0.3) is 0 Å². The van der Waals surface area contributed by atoms with Gasteiger partial charge in [-0.15, -0.1) is 0 Å². The van der Waals surface area contributed by atoms with E-state index in [0.29, 0.717) is 12.3 Å². The standard InChI is InChI=1S/C26H28N4O/c1-20-18-27-19-28-26(20)29-24-9-7-23(8-10-24)25(31)17-22-12-15-30(16-13-22)14-11-21-5-3-2-4-6-21/h2-11,14,18-19,22H,12-13,15-17H2,1H3,(H,27,28,29). The molecule has 2 heterocycles. The molecule has 0 spiro atoms. The molecule has 1 fully saturated rings. The lowest BCUT2D eigenvalue weighted by Gasteiger charge is -2.30. The maximum Gasteiger partial charge on any atom is 0.163 e. The summed E-state index contributed by atoms with van der Waals surface area (Å²) in [4.78, 5) is 23.4. The normalized spacial score (nSPS) is 14.7. The van der Waals surface area contributed by atoms with Crippen molar-refractivity contribution in [2.45, 2.75) is 26.2 Å². The maximum atomic E-state index is 12.8. The van der Waals surface area contributed by atoms with Crippen LogP contribution in [-0.2, 0) is 0 Å². The first-order valence-corrected chi connectivity index (χ1v) is 10.8. The van der Waals surface area contributed by atoms with Gasteiger partial charge >= 0.3 is 0 Å². The monoisotopic (exact) mass is 412 g/mol. The van der Waals surface area contributed by atoms with Crippen LogP contribution in [0.1, 0.15) is 40.7 Å². The molecule has 0 unspecified atom stereocenters. The van der Waals surface area contributed by atoms with Gasteiger partial charge in [-0.2, -0.15) is 0 Å². The highest BCUT2D eigenvalue weighted by Gasteiger charge is 2.20. The number of hydrogen-bond donors (Lipinski definition) is 1. The van der Waals surface area contributed by atoms with E-state index < -0.39 is 0 Å². The summed E-state index contributed by atoms with van der Waals surface area (Å²) < 4.78 is 0. The highest BCUT2D eigenvalue weighted by molar-refractivity contribution is 5.96. The van der Waals surface area contributed by atoms with Crippen molar-refractivity contribution in [2.24, 2.45) is 5.92 Å². The number of nitrogens with zero attached hydrogens (tertiary/aromatic N) is 3. The molecule has 1 aromatic heterocycles. The number of piperidine rings is 1. The molecule has 0 bridgehead atoms. The molecular formula is C26H28N4O. The average Bonchev–Trinajstić information content (AvgIpc) is 2.81. The molecule has 31 heavy (non-hydrogen) atoms. The topological polar surface area (TPSA) is 58.1 Å². The molecule has 1 saturated heterocycles.